The van der Waals surface area contributed by atoms with Crippen molar-refractivity contribution in [3.8, 4) is 17.2 Å². The summed E-state index contributed by atoms with van der Waals surface area (Å²) in [5, 5.41) is 2.73. The predicted octanol–water partition coefficient (Wildman–Crippen LogP) is 2.20. The van der Waals surface area contributed by atoms with Crippen molar-refractivity contribution in [3.63, 3.8) is 0 Å². The molecule has 0 heterocycles. The fourth-order valence-electron chi connectivity index (χ4n) is 2.49. The van der Waals surface area contributed by atoms with Crippen molar-refractivity contribution >= 4 is 15.9 Å². The molecule has 0 atom stereocenters. The molecule has 0 aliphatic carbocycles. The second-order valence-electron chi connectivity index (χ2n) is 6.42. The van der Waals surface area contributed by atoms with E-state index in [1.54, 1.807) is 31.4 Å². The lowest BCUT2D eigenvalue weighted by atomic mass is 10.2. The van der Waals surface area contributed by atoms with Crippen LogP contribution in [-0.2, 0) is 10.0 Å². The molecule has 1 amide bonds. The van der Waals surface area contributed by atoms with Gasteiger partial charge in [-0.2, -0.15) is 0 Å². The van der Waals surface area contributed by atoms with Gasteiger partial charge in [-0.3, -0.25) is 4.79 Å². The van der Waals surface area contributed by atoms with E-state index in [4.69, 9.17) is 14.2 Å². The van der Waals surface area contributed by atoms with Crippen LogP contribution in [0.25, 0.3) is 0 Å². The highest BCUT2D eigenvalue weighted by Gasteiger charge is 2.20. The minimum absolute atomic E-state index is 0.0337. The van der Waals surface area contributed by atoms with Crippen LogP contribution in [0.15, 0.2) is 47.4 Å². The summed E-state index contributed by atoms with van der Waals surface area (Å²) in [4.78, 5) is 12.3. The molecule has 9 heteroatoms. The summed E-state index contributed by atoms with van der Waals surface area (Å²) in [6.45, 7) is 3.81. The number of ether oxygens (including phenoxy) is 3. The summed E-state index contributed by atoms with van der Waals surface area (Å²) in [5.74, 6) is 1.10. The quantitative estimate of drug-likeness (QED) is 0.569. The van der Waals surface area contributed by atoms with E-state index in [1.165, 1.54) is 25.3 Å². The first-order valence-electron chi connectivity index (χ1n) is 9.02. The lowest BCUT2D eigenvalue weighted by molar-refractivity contribution is 0.0940. The van der Waals surface area contributed by atoms with Crippen LogP contribution in [0.3, 0.4) is 0 Å². The van der Waals surface area contributed by atoms with Gasteiger partial charge in [-0.1, -0.05) is 6.07 Å². The summed E-state index contributed by atoms with van der Waals surface area (Å²) in [6.07, 6.45) is 0. The molecule has 2 aromatic carbocycles. The van der Waals surface area contributed by atoms with Gasteiger partial charge in [0.25, 0.3) is 5.91 Å². The Morgan fingerprint density at radius 2 is 1.76 bits per heavy atom. The number of nitrogens with one attached hydrogen (secondary N) is 2. The molecule has 0 bridgehead atoms. The van der Waals surface area contributed by atoms with Crippen molar-refractivity contribution in [3.05, 3.63) is 48.0 Å². The number of sulfonamides is 1. The summed E-state index contributed by atoms with van der Waals surface area (Å²) < 4.78 is 43.4. The van der Waals surface area contributed by atoms with Gasteiger partial charge in [0.2, 0.25) is 10.0 Å². The number of carbonyl (C=O) groups excluding carboxylic acids is 1. The van der Waals surface area contributed by atoms with Crippen molar-refractivity contribution in [2.45, 2.75) is 24.8 Å². The molecule has 158 valence electrons. The zero-order valence-corrected chi connectivity index (χ0v) is 17.7. The van der Waals surface area contributed by atoms with Gasteiger partial charge in [-0.25, -0.2) is 13.1 Å². The van der Waals surface area contributed by atoms with E-state index in [0.717, 1.165) is 0 Å². The van der Waals surface area contributed by atoms with Crippen LogP contribution in [0.4, 0.5) is 0 Å². The van der Waals surface area contributed by atoms with Gasteiger partial charge in [0.15, 0.2) is 0 Å². The first-order chi connectivity index (χ1) is 13.8. The standard InChI is InChI=1S/C20H26N2O6S/c1-14(2)22-20(23)18-13-17(8-9-19(18)27-4)29(24,25)21-10-11-28-16-7-5-6-15(12-16)26-3/h5-9,12-14,21H,10-11H2,1-4H3,(H,22,23). The van der Waals surface area contributed by atoms with Gasteiger partial charge in [-0.15, -0.1) is 0 Å². The maximum absolute atomic E-state index is 12.6. The molecule has 0 aromatic heterocycles. The van der Waals surface area contributed by atoms with Crippen LogP contribution in [-0.4, -0.2) is 47.7 Å². The van der Waals surface area contributed by atoms with Crippen LogP contribution in [0, 0.1) is 0 Å². The molecule has 29 heavy (non-hydrogen) atoms. The van der Waals surface area contributed by atoms with Crippen LogP contribution < -0.4 is 24.2 Å². The third kappa shape index (κ3) is 6.37. The largest absolute Gasteiger partial charge is 0.497 e. The normalized spacial score (nSPS) is 11.2. The molecule has 0 aliphatic rings. The molecule has 2 aromatic rings. The Morgan fingerprint density at radius 3 is 2.41 bits per heavy atom. The second-order valence-corrected chi connectivity index (χ2v) is 8.18. The molecular formula is C20H26N2O6S. The molecule has 0 fully saturated rings. The zero-order chi connectivity index (χ0) is 21.4. The number of methoxy groups -OCH3 is 2. The highest BCUT2D eigenvalue weighted by atomic mass is 32.2. The Labute approximate surface area is 171 Å². The van der Waals surface area contributed by atoms with E-state index in [1.807, 2.05) is 13.8 Å². The van der Waals surface area contributed by atoms with Crippen LogP contribution >= 0.6 is 0 Å². The predicted molar refractivity (Wildman–Crippen MR) is 109 cm³/mol. The van der Waals surface area contributed by atoms with Gasteiger partial charge in [0.05, 0.1) is 24.7 Å². The Bertz CT molecular complexity index is 944. The smallest absolute Gasteiger partial charge is 0.255 e. The molecule has 0 radical (unpaired) electrons. The van der Waals surface area contributed by atoms with Crippen LogP contribution in [0.1, 0.15) is 24.2 Å². The molecule has 0 spiro atoms. The number of amides is 1. The lowest BCUT2D eigenvalue weighted by Crippen LogP contribution is -2.31. The molecule has 0 aliphatic heterocycles. The van der Waals surface area contributed by atoms with E-state index in [-0.39, 0.29) is 29.7 Å². The van der Waals surface area contributed by atoms with E-state index in [0.29, 0.717) is 17.2 Å². The second kappa shape index (κ2) is 10.1. The van der Waals surface area contributed by atoms with E-state index in [2.05, 4.69) is 10.0 Å². The fraction of sp³-hybridized carbons (Fsp3) is 0.350. The highest BCUT2D eigenvalue weighted by Crippen LogP contribution is 2.23. The molecule has 8 nitrogen and oxygen atoms in total. The molecule has 0 unspecified atom stereocenters. The Kier molecular flexibility index (Phi) is 7.86. The molecule has 2 N–H and O–H groups in total. The van der Waals surface area contributed by atoms with Crippen molar-refractivity contribution in [2.75, 3.05) is 27.4 Å². The zero-order valence-electron chi connectivity index (χ0n) is 16.9. The van der Waals surface area contributed by atoms with Crippen LogP contribution in [0.2, 0.25) is 0 Å². The Morgan fingerprint density at radius 1 is 1.03 bits per heavy atom. The average Bonchev–Trinajstić information content (AvgIpc) is 2.70. The van der Waals surface area contributed by atoms with E-state index >= 15 is 0 Å². The topological polar surface area (TPSA) is 103 Å². The van der Waals surface area contributed by atoms with Crippen molar-refractivity contribution in [1.82, 2.24) is 10.0 Å². The first-order valence-corrected chi connectivity index (χ1v) is 10.5. The van der Waals surface area contributed by atoms with E-state index < -0.39 is 15.9 Å². The number of benzene rings is 2. The van der Waals surface area contributed by atoms with Gasteiger partial charge in [-0.05, 0) is 44.2 Å². The van der Waals surface area contributed by atoms with Gasteiger partial charge < -0.3 is 19.5 Å². The van der Waals surface area contributed by atoms with Crippen molar-refractivity contribution < 1.29 is 27.4 Å². The number of rotatable bonds is 10. The number of carbonyl (C=O) groups is 1. The summed E-state index contributed by atoms with van der Waals surface area (Å²) >= 11 is 0. The van der Waals surface area contributed by atoms with Gasteiger partial charge in [0.1, 0.15) is 23.9 Å². The first kappa shape index (κ1) is 22.5. The minimum atomic E-state index is -3.83. The average molecular weight is 423 g/mol. The Balaban J connectivity index is 2.05. The highest BCUT2D eigenvalue weighted by molar-refractivity contribution is 7.89. The van der Waals surface area contributed by atoms with Crippen LogP contribution in [0.5, 0.6) is 17.2 Å². The van der Waals surface area contributed by atoms with Crippen molar-refractivity contribution in [1.29, 1.82) is 0 Å². The lowest BCUT2D eigenvalue weighted by Gasteiger charge is -2.14. The molecule has 2 rings (SSSR count). The van der Waals surface area contributed by atoms with Crippen molar-refractivity contribution in [2.24, 2.45) is 0 Å². The fourth-order valence-corrected chi connectivity index (χ4v) is 3.53. The maximum atomic E-state index is 12.6. The summed E-state index contributed by atoms with van der Waals surface area (Å²) in [6, 6.07) is 11.1. The number of hydrogen-bond donors (Lipinski definition) is 2. The molecular weight excluding hydrogens is 396 g/mol. The number of hydrogen-bond acceptors (Lipinski definition) is 6. The monoisotopic (exact) mass is 422 g/mol. The Hall–Kier alpha value is -2.78. The van der Waals surface area contributed by atoms with Gasteiger partial charge in [0, 0.05) is 18.7 Å². The maximum Gasteiger partial charge on any atom is 0.255 e. The summed E-state index contributed by atoms with van der Waals surface area (Å²) in [5.41, 5.74) is 0.150. The molecule has 0 saturated heterocycles. The van der Waals surface area contributed by atoms with Gasteiger partial charge >= 0.3 is 0 Å². The SMILES string of the molecule is COc1cccc(OCCNS(=O)(=O)c2ccc(OC)c(C(=O)NC(C)C)c2)c1. The third-order valence-corrected chi connectivity index (χ3v) is 5.31. The molecule has 0 saturated carbocycles. The van der Waals surface area contributed by atoms with E-state index in [9.17, 15) is 13.2 Å². The summed E-state index contributed by atoms with van der Waals surface area (Å²) in [7, 11) is -0.853. The third-order valence-electron chi connectivity index (χ3n) is 3.85. The minimum Gasteiger partial charge on any atom is -0.497 e.